The van der Waals surface area contributed by atoms with Crippen LogP contribution in [0.1, 0.15) is 18.2 Å². The summed E-state index contributed by atoms with van der Waals surface area (Å²) in [6.07, 6.45) is 0. The lowest BCUT2D eigenvalue weighted by Crippen LogP contribution is -2.19. The first-order chi connectivity index (χ1) is 8.76. The SMILES string of the molecule is CCN(c1ccc(CO)nn1)c1ccccc1C. The Balaban J connectivity index is 2.36. The third-order valence-corrected chi connectivity index (χ3v) is 2.87. The molecule has 0 saturated carbocycles. The van der Waals surface area contributed by atoms with Crippen LogP contribution >= 0.6 is 0 Å². The molecule has 0 fully saturated rings. The van der Waals surface area contributed by atoms with Crippen LogP contribution in [0.25, 0.3) is 0 Å². The second-order valence-corrected chi connectivity index (χ2v) is 4.07. The number of hydrogen-bond donors (Lipinski definition) is 1. The van der Waals surface area contributed by atoms with E-state index in [1.54, 1.807) is 6.07 Å². The molecule has 94 valence electrons. The van der Waals surface area contributed by atoms with Gasteiger partial charge in [-0.15, -0.1) is 5.10 Å². The van der Waals surface area contributed by atoms with Gasteiger partial charge < -0.3 is 10.0 Å². The van der Waals surface area contributed by atoms with Gasteiger partial charge in [0.15, 0.2) is 5.82 Å². The number of nitrogens with zero attached hydrogens (tertiary/aromatic N) is 3. The molecule has 0 bridgehead atoms. The molecule has 0 aliphatic carbocycles. The Morgan fingerprint density at radius 2 is 1.89 bits per heavy atom. The van der Waals surface area contributed by atoms with E-state index in [4.69, 9.17) is 5.11 Å². The van der Waals surface area contributed by atoms with E-state index in [1.165, 1.54) is 5.56 Å². The Labute approximate surface area is 107 Å². The van der Waals surface area contributed by atoms with Crippen LogP contribution in [0.4, 0.5) is 11.5 Å². The lowest BCUT2D eigenvalue weighted by Gasteiger charge is -2.23. The van der Waals surface area contributed by atoms with Gasteiger partial charge in [0.2, 0.25) is 0 Å². The maximum atomic E-state index is 8.97. The number of anilines is 2. The van der Waals surface area contributed by atoms with E-state index in [1.807, 2.05) is 18.2 Å². The van der Waals surface area contributed by atoms with Gasteiger partial charge in [-0.05, 0) is 37.6 Å². The molecule has 0 aliphatic heterocycles. The molecule has 0 atom stereocenters. The molecule has 0 spiro atoms. The second kappa shape index (κ2) is 5.60. The summed E-state index contributed by atoms with van der Waals surface area (Å²) in [5.41, 5.74) is 2.91. The van der Waals surface area contributed by atoms with Gasteiger partial charge in [0.05, 0.1) is 12.3 Å². The molecule has 2 aromatic rings. The summed E-state index contributed by atoms with van der Waals surface area (Å²) in [7, 11) is 0. The van der Waals surface area contributed by atoms with Gasteiger partial charge in [0.1, 0.15) is 0 Å². The summed E-state index contributed by atoms with van der Waals surface area (Å²) < 4.78 is 0. The first-order valence-electron chi connectivity index (χ1n) is 6.03. The van der Waals surface area contributed by atoms with Crippen molar-refractivity contribution in [1.29, 1.82) is 0 Å². The average molecular weight is 243 g/mol. The quantitative estimate of drug-likeness (QED) is 0.896. The van der Waals surface area contributed by atoms with E-state index in [9.17, 15) is 0 Å². The van der Waals surface area contributed by atoms with Crippen LogP contribution in [-0.2, 0) is 6.61 Å². The largest absolute Gasteiger partial charge is 0.390 e. The summed E-state index contributed by atoms with van der Waals surface area (Å²) >= 11 is 0. The number of aliphatic hydroxyl groups excluding tert-OH is 1. The number of rotatable bonds is 4. The van der Waals surface area contributed by atoms with Crippen LogP contribution in [-0.4, -0.2) is 21.8 Å². The van der Waals surface area contributed by atoms with Gasteiger partial charge >= 0.3 is 0 Å². The molecule has 1 aromatic carbocycles. The predicted octanol–water partition coefficient (Wildman–Crippen LogP) is 2.44. The summed E-state index contributed by atoms with van der Waals surface area (Å²) in [6, 6.07) is 11.9. The normalized spacial score (nSPS) is 10.4. The highest BCUT2D eigenvalue weighted by Gasteiger charge is 2.10. The summed E-state index contributed by atoms with van der Waals surface area (Å²) in [6.45, 7) is 4.89. The molecule has 2 rings (SSSR count). The monoisotopic (exact) mass is 243 g/mol. The standard InChI is InChI=1S/C14H17N3O/c1-3-17(13-7-5-4-6-11(13)2)14-9-8-12(10-18)15-16-14/h4-9,18H,3,10H2,1-2H3. The number of benzene rings is 1. The number of aromatic nitrogens is 2. The van der Waals surface area contributed by atoms with Gasteiger partial charge in [0, 0.05) is 12.2 Å². The Morgan fingerprint density at radius 1 is 1.11 bits per heavy atom. The zero-order valence-corrected chi connectivity index (χ0v) is 10.7. The molecule has 1 heterocycles. The average Bonchev–Trinajstić information content (AvgIpc) is 2.42. The summed E-state index contributed by atoms with van der Waals surface area (Å²) in [5, 5.41) is 17.1. The predicted molar refractivity (Wildman–Crippen MR) is 71.8 cm³/mol. The minimum atomic E-state index is -0.0796. The topological polar surface area (TPSA) is 49.2 Å². The fourth-order valence-electron chi connectivity index (χ4n) is 1.90. The van der Waals surface area contributed by atoms with Crippen molar-refractivity contribution in [3.05, 3.63) is 47.7 Å². The van der Waals surface area contributed by atoms with Crippen molar-refractivity contribution < 1.29 is 5.11 Å². The van der Waals surface area contributed by atoms with E-state index < -0.39 is 0 Å². The van der Waals surface area contributed by atoms with Crippen molar-refractivity contribution in [2.24, 2.45) is 0 Å². The molecule has 18 heavy (non-hydrogen) atoms. The summed E-state index contributed by atoms with van der Waals surface area (Å²) in [4.78, 5) is 2.10. The molecule has 4 heteroatoms. The van der Waals surface area contributed by atoms with Crippen LogP contribution in [0.2, 0.25) is 0 Å². The van der Waals surface area contributed by atoms with Crippen molar-refractivity contribution in [1.82, 2.24) is 10.2 Å². The van der Waals surface area contributed by atoms with Crippen LogP contribution < -0.4 is 4.90 Å². The number of aliphatic hydroxyl groups is 1. The smallest absolute Gasteiger partial charge is 0.155 e. The molecule has 0 radical (unpaired) electrons. The third kappa shape index (κ3) is 2.49. The first-order valence-corrected chi connectivity index (χ1v) is 6.03. The van der Waals surface area contributed by atoms with Crippen LogP contribution in [0.5, 0.6) is 0 Å². The molecular weight excluding hydrogens is 226 g/mol. The number of hydrogen-bond acceptors (Lipinski definition) is 4. The Kier molecular flexibility index (Phi) is 3.89. The highest BCUT2D eigenvalue weighted by molar-refractivity contribution is 5.63. The highest BCUT2D eigenvalue weighted by Crippen LogP contribution is 2.25. The zero-order chi connectivity index (χ0) is 13.0. The molecule has 4 nitrogen and oxygen atoms in total. The lowest BCUT2D eigenvalue weighted by atomic mass is 10.2. The Bertz CT molecular complexity index is 511. The minimum absolute atomic E-state index is 0.0796. The van der Waals surface area contributed by atoms with E-state index in [0.29, 0.717) is 5.69 Å². The van der Waals surface area contributed by atoms with E-state index in [0.717, 1.165) is 18.1 Å². The molecule has 0 unspecified atom stereocenters. The van der Waals surface area contributed by atoms with Gasteiger partial charge in [0.25, 0.3) is 0 Å². The van der Waals surface area contributed by atoms with Crippen molar-refractivity contribution in [2.75, 3.05) is 11.4 Å². The zero-order valence-electron chi connectivity index (χ0n) is 10.7. The van der Waals surface area contributed by atoms with Crippen LogP contribution in [0.3, 0.4) is 0 Å². The van der Waals surface area contributed by atoms with Crippen molar-refractivity contribution in [2.45, 2.75) is 20.5 Å². The van der Waals surface area contributed by atoms with Gasteiger partial charge in [-0.1, -0.05) is 18.2 Å². The van der Waals surface area contributed by atoms with Crippen LogP contribution in [0, 0.1) is 6.92 Å². The fourth-order valence-corrected chi connectivity index (χ4v) is 1.90. The lowest BCUT2D eigenvalue weighted by molar-refractivity contribution is 0.275. The van der Waals surface area contributed by atoms with Crippen molar-refractivity contribution in [3.8, 4) is 0 Å². The fraction of sp³-hybridized carbons (Fsp3) is 0.286. The highest BCUT2D eigenvalue weighted by atomic mass is 16.3. The van der Waals surface area contributed by atoms with E-state index in [-0.39, 0.29) is 6.61 Å². The molecule has 0 aliphatic rings. The molecule has 1 N–H and O–H groups in total. The minimum Gasteiger partial charge on any atom is -0.390 e. The number of para-hydroxylation sites is 1. The van der Waals surface area contributed by atoms with Crippen LogP contribution in [0.15, 0.2) is 36.4 Å². The Hall–Kier alpha value is -1.94. The third-order valence-electron chi connectivity index (χ3n) is 2.87. The van der Waals surface area contributed by atoms with E-state index in [2.05, 4.69) is 41.1 Å². The van der Waals surface area contributed by atoms with E-state index >= 15 is 0 Å². The summed E-state index contributed by atoms with van der Waals surface area (Å²) in [5.74, 6) is 0.795. The van der Waals surface area contributed by atoms with Gasteiger partial charge in [-0.3, -0.25) is 0 Å². The first kappa shape index (κ1) is 12.5. The molecule has 1 aromatic heterocycles. The van der Waals surface area contributed by atoms with Gasteiger partial charge in [-0.25, -0.2) is 0 Å². The van der Waals surface area contributed by atoms with Gasteiger partial charge in [-0.2, -0.15) is 5.10 Å². The maximum absolute atomic E-state index is 8.97. The molecule has 0 saturated heterocycles. The second-order valence-electron chi connectivity index (χ2n) is 4.07. The van der Waals surface area contributed by atoms with Crippen molar-refractivity contribution >= 4 is 11.5 Å². The molecule has 0 amide bonds. The van der Waals surface area contributed by atoms with Crippen molar-refractivity contribution in [3.63, 3.8) is 0 Å². The Morgan fingerprint density at radius 3 is 2.44 bits per heavy atom. The molecular formula is C14H17N3O. The number of aryl methyl sites for hydroxylation is 1. The maximum Gasteiger partial charge on any atom is 0.155 e.